The Morgan fingerprint density at radius 2 is 2.56 bits per heavy atom. The average Bonchev–Trinajstić information content (AvgIpc) is 2.34. The van der Waals surface area contributed by atoms with E-state index in [1.54, 1.807) is 17.4 Å². The summed E-state index contributed by atoms with van der Waals surface area (Å²) < 4.78 is 0. The lowest BCUT2D eigenvalue weighted by Crippen LogP contribution is -1.55. The Kier molecular flexibility index (Phi) is 2.06. The minimum absolute atomic E-state index is 1.10. The first-order valence-electron chi connectivity index (χ1n) is 2.52. The van der Waals surface area contributed by atoms with E-state index in [2.05, 4.69) is 0 Å². The van der Waals surface area contributed by atoms with E-state index < -0.39 is 0 Å². The van der Waals surface area contributed by atoms with Crippen LogP contribution in [-0.2, 0) is 0 Å². The highest BCUT2D eigenvalue weighted by Gasteiger charge is 1.81. The summed E-state index contributed by atoms with van der Waals surface area (Å²) in [6, 6.07) is 3.90. The Labute approximate surface area is 57.9 Å². The van der Waals surface area contributed by atoms with Gasteiger partial charge in [-0.2, -0.15) is 16.6 Å². The van der Waals surface area contributed by atoms with Crippen LogP contribution in [0.5, 0.6) is 0 Å². The molecule has 0 aliphatic rings. The lowest BCUT2D eigenvalue weighted by atomic mass is 10.3. The zero-order valence-corrected chi connectivity index (χ0v) is 5.56. The predicted molar refractivity (Wildman–Crippen MR) is 39.0 cm³/mol. The minimum Gasteiger partial charge on any atom is -0.193 e. The van der Waals surface area contributed by atoms with E-state index in [1.165, 1.54) is 6.08 Å². The summed E-state index contributed by atoms with van der Waals surface area (Å²) in [5.41, 5.74) is 1.10. The second-order valence-electron chi connectivity index (χ2n) is 1.52. The topological polar surface area (TPSA) is 23.8 Å². The third-order valence-electron chi connectivity index (χ3n) is 0.894. The normalized spacial score (nSPS) is 9.67. The predicted octanol–water partition coefficient (Wildman–Crippen LogP) is 2.28. The fraction of sp³-hybridized carbons (Fsp3) is 0. The molecule has 0 atom stereocenters. The molecule has 0 saturated heterocycles. The van der Waals surface area contributed by atoms with E-state index in [-0.39, 0.29) is 0 Å². The number of thiophene rings is 1. The summed E-state index contributed by atoms with van der Waals surface area (Å²) in [4.78, 5) is 0. The van der Waals surface area contributed by atoms with Crippen molar-refractivity contribution in [1.82, 2.24) is 0 Å². The first-order valence-corrected chi connectivity index (χ1v) is 3.46. The lowest BCUT2D eigenvalue weighted by molar-refractivity contribution is 1.54. The highest BCUT2D eigenvalue weighted by molar-refractivity contribution is 7.08. The van der Waals surface area contributed by atoms with Crippen LogP contribution in [0, 0.1) is 11.3 Å². The largest absolute Gasteiger partial charge is 0.193 e. The quantitative estimate of drug-likeness (QED) is 0.542. The van der Waals surface area contributed by atoms with Crippen molar-refractivity contribution in [1.29, 1.82) is 5.26 Å². The molecule has 0 aliphatic heterocycles. The van der Waals surface area contributed by atoms with Crippen LogP contribution >= 0.6 is 11.3 Å². The van der Waals surface area contributed by atoms with Gasteiger partial charge in [-0.05, 0) is 28.5 Å². The van der Waals surface area contributed by atoms with Gasteiger partial charge in [0.25, 0.3) is 0 Å². The van der Waals surface area contributed by atoms with Gasteiger partial charge in [-0.15, -0.1) is 0 Å². The Balaban J connectivity index is 2.71. The molecule has 1 nitrogen and oxygen atoms in total. The van der Waals surface area contributed by atoms with Crippen molar-refractivity contribution in [3.63, 3.8) is 0 Å². The number of hydrogen-bond acceptors (Lipinski definition) is 2. The van der Waals surface area contributed by atoms with Crippen molar-refractivity contribution in [2.75, 3.05) is 0 Å². The molecule has 9 heavy (non-hydrogen) atoms. The molecule has 1 rings (SSSR count). The van der Waals surface area contributed by atoms with Crippen LogP contribution in [-0.4, -0.2) is 0 Å². The summed E-state index contributed by atoms with van der Waals surface area (Å²) >= 11 is 1.63. The smallest absolute Gasteiger partial charge is 0.0912 e. The number of rotatable bonds is 1. The van der Waals surface area contributed by atoms with Gasteiger partial charge in [-0.25, -0.2) is 0 Å². The highest BCUT2D eigenvalue weighted by atomic mass is 32.1. The van der Waals surface area contributed by atoms with Crippen molar-refractivity contribution in [2.45, 2.75) is 0 Å². The Morgan fingerprint density at radius 1 is 1.67 bits per heavy atom. The van der Waals surface area contributed by atoms with Crippen LogP contribution < -0.4 is 0 Å². The van der Waals surface area contributed by atoms with Crippen LogP contribution in [0.2, 0.25) is 0 Å². The van der Waals surface area contributed by atoms with E-state index >= 15 is 0 Å². The second kappa shape index (κ2) is 3.06. The maximum atomic E-state index is 8.13. The van der Waals surface area contributed by atoms with E-state index in [1.807, 2.05) is 22.9 Å². The molecule has 1 aromatic rings. The van der Waals surface area contributed by atoms with Gasteiger partial charge in [0.2, 0.25) is 0 Å². The SMILES string of the molecule is N#CC=Cc1ccsc1. The lowest BCUT2D eigenvalue weighted by Gasteiger charge is -1.74. The van der Waals surface area contributed by atoms with E-state index in [9.17, 15) is 0 Å². The number of hydrogen-bond donors (Lipinski definition) is 0. The van der Waals surface area contributed by atoms with Crippen molar-refractivity contribution < 1.29 is 0 Å². The maximum absolute atomic E-state index is 8.13. The summed E-state index contributed by atoms with van der Waals surface area (Å²) in [6.45, 7) is 0. The molecule has 0 fully saturated rings. The molecular formula is C7H5NS. The van der Waals surface area contributed by atoms with Crippen molar-refractivity contribution >= 4 is 17.4 Å². The first kappa shape index (κ1) is 6.06. The Bertz CT molecular complexity index is 228. The average molecular weight is 135 g/mol. The molecule has 0 aliphatic carbocycles. The summed E-state index contributed by atoms with van der Waals surface area (Å²) in [7, 11) is 0. The fourth-order valence-corrected chi connectivity index (χ4v) is 1.13. The maximum Gasteiger partial charge on any atom is 0.0912 e. The van der Waals surface area contributed by atoms with Gasteiger partial charge in [0, 0.05) is 6.08 Å². The van der Waals surface area contributed by atoms with Gasteiger partial charge in [-0.1, -0.05) is 0 Å². The van der Waals surface area contributed by atoms with Gasteiger partial charge in [0.1, 0.15) is 0 Å². The van der Waals surface area contributed by atoms with Gasteiger partial charge >= 0.3 is 0 Å². The standard InChI is InChI=1S/C7H5NS/c8-4-1-2-7-3-5-9-6-7/h1-3,5-6H. The summed E-state index contributed by atoms with van der Waals surface area (Å²) in [5.74, 6) is 0. The fourth-order valence-electron chi connectivity index (χ4n) is 0.503. The number of nitrogens with zero attached hydrogens (tertiary/aromatic N) is 1. The Hall–Kier alpha value is -1.07. The molecule has 1 aromatic heterocycles. The zero-order chi connectivity index (χ0) is 6.53. The van der Waals surface area contributed by atoms with Crippen LogP contribution in [0.3, 0.4) is 0 Å². The summed E-state index contributed by atoms with van der Waals surface area (Å²) in [6.07, 6.45) is 3.26. The molecule has 0 saturated carbocycles. The van der Waals surface area contributed by atoms with Crippen LogP contribution in [0.15, 0.2) is 22.9 Å². The van der Waals surface area contributed by atoms with Gasteiger partial charge in [0.15, 0.2) is 0 Å². The molecule has 0 N–H and O–H groups in total. The zero-order valence-electron chi connectivity index (χ0n) is 4.74. The third kappa shape index (κ3) is 1.71. The molecule has 2 heteroatoms. The van der Waals surface area contributed by atoms with Crippen molar-refractivity contribution in [3.8, 4) is 6.07 Å². The van der Waals surface area contributed by atoms with Crippen LogP contribution in [0.1, 0.15) is 5.56 Å². The van der Waals surface area contributed by atoms with E-state index in [0.717, 1.165) is 5.56 Å². The highest BCUT2D eigenvalue weighted by Crippen LogP contribution is 2.06. The molecule has 44 valence electrons. The monoisotopic (exact) mass is 135 g/mol. The molecule has 0 unspecified atom stereocenters. The number of allylic oxidation sites excluding steroid dienone is 1. The van der Waals surface area contributed by atoms with Gasteiger partial charge < -0.3 is 0 Å². The second-order valence-corrected chi connectivity index (χ2v) is 2.30. The number of nitriles is 1. The van der Waals surface area contributed by atoms with Crippen molar-refractivity contribution in [2.24, 2.45) is 0 Å². The third-order valence-corrected chi connectivity index (χ3v) is 1.59. The van der Waals surface area contributed by atoms with E-state index in [4.69, 9.17) is 5.26 Å². The molecule has 0 spiro atoms. The molecule has 1 heterocycles. The van der Waals surface area contributed by atoms with Crippen molar-refractivity contribution in [3.05, 3.63) is 28.5 Å². The van der Waals surface area contributed by atoms with Gasteiger partial charge in [-0.3, -0.25) is 0 Å². The van der Waals surface area contributed by atoms with Crippen LogP contribution in [0.4, 0.5) is 0 Å². The molecule has 0 radical (unpaired) electrons. The molecule has 0 amide bonds. The molecule has 0 aromatic carbocycles. The summed E-state index contributed by atoms with van der Waals surface area (Å²) in [5, 5.41) is 12.1. The molecule has 0 bridgehead atoms. The minimum atomic E-state index is 1.10. The van der Waals surface area contributed by atoms with Crippen LogP contribution in [0.25, 0.3) is 6.08 Å². The Morgan fingerprint density at radius 3 is 3.11 bits per heavy atom. The van der Waals surface area contributed by atoms with Gasteiger partial charge in [0.05, 0.1) is 6.07 Å². The first-order chi connectivity index (χ1) is 4.43. The molecular weight excluding hydrogens is 130 g/mol. The van der Waals surface area contributed by atoms with E-state index in [0.29, 0.717) is 0 Å².